The number of nitrogens with one attached hydrogen (secondary N) is 1. The van der Waals surface area contributed by atoms with Crippen LogP contribution in [0, 0.1) is 5.82 Å². The highest BCUT2D eigenvalue weighted by Gasteiger charge is 2.17. The Balaban J connectivity index is 2.02. The molecular formula is C12H14FN3O2. The van der Waals surface area contributed by atoms with Crippen molar-refractivity contribution in [2.45, 2.75) is 6.61 Å². The predicted molar refractivity (Wildman–Crippen MR) is 65.0 cm³/mol. The van der Waals surface area contributed by atoms with Gasteiger partial charge in [0.1, 0.15) is 17.9 Å². The number of hydrogen-bond donors (Lipinski definition) is 2. The lowest BCUT2D eigenvalue weighted by Gasteiger charge is -2.29. The fourth-order valence-electron chi connectivity index (χ4n) is 2.20. The van der Waals surface area contributed by atoms with Crippen LogP contribution < -0.4 is 10.2 Å². The molecule has 96 valence electrons. The van der Waals surface area contributed by atoms with E-state index in [1.807, 2.05) is 4.90 Å². The van der Waals surface area contributed by atoms with E-state index in [2.05, 4.69) is 10.3 Å². The topological polar surface area (TPSA) is 61.5 Å². The maximum absolute atomic E-state index is 14.0. The van der Waals surface area contributed by atoms with Crippen molar-refractivity contribution in [3.63, 3.8) is 0 Å². The summed E-state index contributed by atoms with van der Waals surface area (Å²) in [6, 6.07) is 3.01. The first-order valence-corrected chi connectivity index (χ1v) is 5.93. The molecule has 1 saturated heterocycles. The third-order valence-electron chi connectivity index (χ3n) is 3.09. The number of oxazole rings is 1. The van der Waals surface area contributed by atoms with Crippen LogP contribution in [0.2, 0.25) is 0 Å². The smallest absolute Gasteiger partial charge is 0.221 e. The Kier molecular flexibility index (Phi) is 2.89. The summed E-state index contributed by atoms with van der Waals surface area (Å²) < 4.78 is 19.3. The van der Waals surface area contributed by atoms with Gasteiger partial charge in [-0.15, -0.1) is 0 Å². The van der Waals surface area contributed by atoms with Crippen LogP contribution in [-0.4, -0.2) is 36.3 Å². The summed E-state index contributed by atoms with van der Waals surface area (Å²) in [4.78, 5) is 5.97. The lowest BCUT2D eigenvalue weighted by molar-refractivity contribution is 0.244. The van der Waals surface area contributed by atoms with E-state index in [1.165, 1.54) is 6.07 Å². The number of aliphatic hydroxyl groups excluding tert-OH is 1. The lowest BCUT2D eigenvalue weighted by Crippen LogP contribution is -2.43. The first kappa shape index (κ1) is 11.4. The van der Waals surface area contributed by atoms with Gasteiger partial charge in [0.2, 0.25) is 5.89 Å². The maximum Gasteiger partial charge on any atom is 0.221 e. The normalized spacial score (nSPS) is 16.4. The van der Waals surface area contributed by atoms with E-state index in [9.17, 15) is 4.39 Å². The summed E-state index contributed by atoms with van der Waals surface area (Å²) >= 11 is 0. The van der Waals surface area contributed by atoms with E-state index in [-0.39, 0.29) is 18.3 Å². The second kappa shape index (κ2) is 4.55. The molecule has 1 aromatic heterocycles. The molecule has 0 spiro atoms. The number of halogens is 1. The molecule has 2 N–H and O–H groups in total. The first-order chi connectivity index (χ1) is 8.78. The van der Waals surface area contributed by atoms with E-state index in [1.54, 1.807) is 6.07 Å². The molecule has 2 heterocycles. The number of piperazine rings is 1. The second-order valence-corrected chi connectivity index (χ2v) is 4.27. The third kappa shape index (κ3) is 1.93. The van der Waals surface area contributed by atoms with Gasteiger partial charge in [0.15, 0.2) is 5.58 Å². The molecule has 0 unspecified atom stereocenters. The molecule has 3 rings (SSSR count). The van der Waals surface area contributed by atoms with Crippen molar-refractivity contribution in [2.75, 3.05) is 31.1 Å². The van der Waals surface area contributed by atoms with Gasteiger partial charge < -0.3 is 19.7 Å². The molecular weight excluding hydrogens is 237 g/mol. The number of aromatic nitrogens is 1. The van der Waals surface area contributed by atoms with Crippen LogP contribution in [0.15, 0.2) is 16.5 Å². The average molecular weight is 251 g/mol. The van der Waals surface area contributed by atoms with Crippen LogP contribution in [0.4, 0.5) is 10.1 Å². The van der Waals surface area contributed by atoms with Crippen LogP contribution in [-0.2, 0) is 6.61 Å². The largest absolute Gasteiger partial charge is 0.438 e. The van der Waals surface area contributed by atoms with Crippen molar-refractivity contribution in [1.29, 1.82) is 0 Å². The number of fused-ring (bicyclic) bond motifs is 1. The molecule has 0 atom stereocenters. The summed E-state index contributed by atoms with van der Waals surface area (Å²) in [5.74, 6) is -0.0935. The van der Waals surface area contributed by atoms with Crippen molar-refractivity contribution in [2.24, 2.45) is 0 Å². The Morgan fingerprint density at radius 1 is 1.39 bits per heavy atom. The van der Waals surface area contributed by atoms with Gasteiger partial charge in [0.05, 0.1) is 5.69 Å². The van der Waals surface area contributed by atoms with Gasteiger partial charge in [0, 0.05) is 38.3 Å². The molecule has 5 nitrogen and oxygen atoms in total. The van der Waals surface area contributed by atoms with Crippen molar-refractivity contribution in [1.82, 2.24) is 10.3 Å². The molecule has 18 heavy (non-hydrogen) atoms. The van der Waals surface area contributed by atoms with Crippen molar-refractivity contribution in [3.05, 3.63) is 23.8 Å². The number of hydrogen-bond acceptors (Lipinski definition) is 5. The Morgan fingerprint density at radius 2 is 2.17 bits per heavy atom. The van der Waals surface area contributed by atoms with Gasteiger partial charge in [-0.25, -0.2) is 9.37 Å². The van der Waals surface area contributed by atoms with Gasteiger partial charge in [-0.1, -0.05) is 0 Å². The molecule has 1 aromatic carbocycles. The number of aliphatic hydroxyl groups is 1. The summed E-state index contributed by atoms with van der Waals surface area (Å²) in [6.07, 6.45) is 0. The van der Waals surface area contributed by atoms with Crippen LogP contribution in [0.25, 0.3) is 11.1 Å². The van der Waals surface area contributed by atoms with Crippen LogP contribution >= 0.6 is 0 Å². The van der Waals surface area contributed by atoms with Gasteiger partial charge in [-0.2, -0.15) is 0 Å². The fraction of sp³-hybridized carbons (Fsp3) is 0.417. The highest BCUT2D eigenvalue weighted by atomic mass is 19.1. The van der Waals surface area contributed by atoms with Crippen LogP contribution in [0.3, 0.4) is 0 Å². The Bertz CT molecular complexity index is 564. The molecule has 0 radical (unpaired) electrons. The molecule has 0 amide bonds. The summed E-state index contributed by atoms with van der Waals surface area (Å²) in [5, 5.41) is 12.2. The zero-order valence-corrected chi connectivity index (χ0v) is 9.82. The highest BCUT2D eigenvalue weighted by molar-refractivity contribution is 5.78. The Labute approximate surface area is 103 Å². The van der Waals surface area contributed by atoms with E-state index in [0.29, 0.717) is 16.8 Å². The SMILES string of the molecule is OCc1nc2cc(F)c(N3CCNCC3)cc2o1. The third-order valence-corrected chi connectivity index (χ3v) is 3.09. The fourth-order valence-corrected chi connectivity index (χ4v) is 2.20. The van der Waals surface area contributed by atoms with E-state index in [4.69, 9.17) is 9.52 Å². The van der Waals surface area contributed by atoms with Crippen molar-refractivity contribution < 1.29 is 13.9 Å². The molecule has 6 heteroatoms. The van der Waals surface area contributed by atoms with Gasteiger partial charge in [-0.05, 0) is 0 Å². The Morgan fingerprint density at radius 3 is 2.89 bits per heavy atom. The maximum atomic E-state index is 14.0. The van der Waals surface area contributed by atoms with Crippen molar-refractivity contribution >= 4 is 16.8 Å². The minimum Gasteiger partial charge on any atom is -0.438 e. The molecule has 0 saturated carbocycles. The number of rotatable bonds is 2. The van der Waals surface area contributed by atoms with Crippen LogP contribution in [0.5, 0.6) is 0 Å². The summed E-state index contributed by atoms with van der Waals surface area (Å²) in [5.41, 5.74) is 1.48. The minimum absolute atomic E-state index is 0.210. The molecule has 1 aliphatic rings. The van der Waals surface area contributed by atoms with E-state index in [0.717, 1.165) is 26.2 Å². The first-order valence-electron chi connectivity index (χ1n) is 5.93. The average Bonchev–Trinajstić information content (AvgIpc) is 2.80. The second-order valence-electron chi connectivity index (χ2n) is 4.27. The van der Waals surface area contributed by atoms with Gasteiger partial charge in [-0.3, -0.25) is 0 Å². The summed E-state index contributed by atoms with van der Waals surface area (Å²) in [6.45, 7) is 2.94. The zero-order valence-electron chi connectivity index (χ0n) is 9.82. The van der Waals surface area contributed by atoms with Gasteiger partial charge >= 0.3 is 0 Å². The molecule has 0 bridgehead atoms. The van der Waals surface area contributed by atoms with E-state index >= 15 is 0 Å². The molecule has 1 aliphatic heterocycles. The molecule has 1 fully saturated rings. The number of benzene rings is 1. The van der Waals surface area contributed by atoms with Gasteiger partial charge in [0.25, 0.3) is 0 Å². The number of nitrogens with zero attached hydrogens (tertiary/aromatic N) is 2. The molecule has 0 aliphatic carbocycles. The minimum atomic E-state index is -0.304. The number of anilines is 1. The van der Waals surface area contributed by atoms with Crippen molar-refractivity contribution in [3.8, 4) is 0 Å². The molecule has 2 aromatic rings. The Hall–Kier alpha value is -1.66. The van der Waals surface area contributed by atoms with E-state index < -0.39 is 0 Å². The highest BCUT2D eigenvalue weighted by Crippen LogP contribution is 2.26. The lowest BCUT2D eigenvalue weighted by atomic mass is 10.2. The quantitative estimate of drug-likeness (QED) is 0.829. The summed E-state index contributed by atoms with van der Waals surface area (Å²) in [7, 11) is 0. The monoisotopic (exact) mass is 251 g/mol. The zero-order chi connectivity index (χ0) is 12.5. The standard InChI is InChI=1S/C12H14FN3O2/c13-8-5-9-11(18-12(7-17)15-9)6-10(8)16-3-1-14-2-4-16/h5-6,14,17H,1-4,7H2. The van der Waals surface area contributed by atoms with Crippen LogP contribution in [0.1, 0.15) is 5.89 Å². The predicted octanol–water partition coefficient (Wildman–Crippen LogP) is 0.869.